The van der Waals surface area contributed by atoms with Crippen LogP contribution in [-0.2, 0) is 37.8 Å². The van der Waals surface area contributed by atoms with Crippen LogP contribution >= 0.6 is 0 Å². The zero-order chi connectivity index (χ0) is 30.4. The number of aryl methyl sites for hydroxylation is 1. The molecule has 1 aromatic heterocycles. The average molecular weight is 607 g/mol. The topological polar surface area (TPSA) is 147 Å². The van der Waals surface area contributed by atoms with Gasteiger partial charge in [0.2, 0.25) is 11.8 Å². The third kappa shape index (κ3) is 7.86. The minimum Gasteiger partial charge on any atom is -0.488 e. The van der Waals surface area contributed by atoms with Gasteiger partial charge in [-0.25, -0.2) is 13.4 Å². The number of sulfonamides is 1. The molecule has 0 radical (unpaired) electrons. The number of benzene rings is 1. The number of ether oxygens (including phenoxy) is 2. The van der Waals surface area contributed by atoms with Gasteiger partial charge in [0.1, 0.15) is 11.9 Å². The van der Waals surface area contributed by atoms with E-state index in [9.17, 15) is 23.1 Å². The molecule has 0 unspecified atom stereocenters. The Labute approximate surface area is 247 Å². The fourth-order valence-corrected chi connectivity index (χ4v) is 6.21. The highest BCUT2D eigenvalue weighted by molar-refractivity contribution is 7.89. The molecule has 2 aromatic rings. The molecule has 0 bridgehead atoms. The van der Waals surface area contributed by atoms with Crippen molar-refractivity contribution in [2.45, 2.75) is 43.9 Å². The minimum absolute atomic E-state index is 0.00131. The van der Waals surface area contributed by atoms with E-state index >= 15 is 0 Å². The predicted molar refractivity (Wildman–Crippen MR) is 156 cm³/mol. The van der Waals surface area contributed by atoms with Gasteiger partial charge in [-0.15, -0.1) is 0 Å². The molecule has 1 saturated heterocycles. The van der Waals surface area contributed by atoms with E-state index in [1.807, 2.05) is 6.92 Å². The highest BCUT2D eigenvalue weighted by Crippen LogP contribution is 2.30. The fraction of sp³-hybridized carbons (Fsp3) is 0.607. The second-order valence-corrected chi connectivity index (χ2v) is 13.1. The summed E-state index contributed by atoms with van der Waals surface area (Å²) in [5.41, 5.74) is 1.10. The molecule has 0 saturated carbocycles. The largest absolute Gasteiger partial charge is 0.488 e. The highest BCUT2D eigenvalue weighted by Gasteiger charge is 2.34. The van der Waals surface area contributed by atoms with E-state index in [2.05, 4.69) is 15.2 Å². The van der Waals surface area contributed by atoms with Crippen LogP contribution in [0, 0.1) is 5.92 Å². The number of morpholine rings is 1. The number of aromatic nitrogens is 2. The van der Waals surface area contributed by atoms with E-state index in [1.165, 1.54) is 23.9 Å². The van der Waals surface area contributed by atoms with Gasteiger partial charge < -0.3 is 29.4 Å². The molecule has 232 valence electrons. The van der Waals surface area contributed by atoms with Gasteiger partial charge >= 0.3 is 0 Å². The third-order valence-corrected chi connectivity index (χ3v) is 9.46. The summed E-state index contributed by atoms with van der Waals surface area (Å²) in [4.78, 5) is 34.0. The quantitative estimate of drug-likeness (QED) is 0.396. The number of nitrogens with zero attached hydrogens (tertiary/aromatic N) is 5. The Bertz CT molecular complexity index is 1340. The van der Waals surface area contributed by atoms with Gasteiger partial charge in [-0.3, -0.25) is 14.5 Å². The molecule has 2 aliphatic heterocycles. The van der Waals surface area contributed by atoms with Gasteiger partial charge in [0.25, 0.3) is 10.0 Å². The first-order chi connectivity index (χ1) is 20.0. The Balaban J connectivity index is 1.55. The second-order valence-electron chi connectivity index (χ2n) is 11.1. The summed E-state index contributed by atoms with van der Waals surface area (Å²) < 4.78 is 41.0. The van der Waals surface area contributed by atoms with Gasteiger partial charge in [0.15, 0.2) is 5.03 Å². The highest BCUT2D eigenvalue weighted by atomic mass is 32.2. The Kier molecular flexibility index (Phi) is 10.6. The number of aliphatic hydroxyl groups is 1. The molecule has 14 heteroatoms. The molecule has 13 nitrogen and oxygen atoms in total. The number of hydrogen-bond acceptors (Lipinski definition) is 9. The lowest BCUT2D eigenvalue weighted by Gasteiger charge is -2.33. The van der Waals surface area contributed by atoms with Crippen LogP contribution in [0.2, 0.25) is 0 Å². The molecule has 0 spiro atoms. The van der Waals surface area contributed by atoms with E-state index in [4.69, 9.17) is 9.47 Å². The molecule has 3 atom stereocenters. The number of aliphatic hydroxyl groups excluding tert-OH is 1. The number of hydrogen-bond donors (Lipinski definition) is 2. The summed E-state index contributed by atoms with van der Waals surface area (Å²) in [6, 6.07) is 4.71. The summed E-state index contributed by atoms with van der Waals surface area (Å²) >= 11 is 0. The van der Waals surface area contributed by atoms with Crippen molar-refractivity contribution in [2.75, 3.05) is 64.9 Å². The minimum atomic E-state index is -3.88. The molecule has 2 N–H and O–H groups in total. The van der Waals surface area contributed by atoms with Gasteiger partial charge in [-0.2, -0.15) is 4.31 Å². The molecule has 2 aliphatic rings. The lowest BCUT2D eigenvalue weighted by atomic mass is 10.0. The first-order valence-corrected chi connectivity index (χ1v) is 15.7. The van der Waals surface area contributed by atoms with Crippen LogP contribution in [0.4, 0.5) is 5.69 Å². The molecule has 42 heavy (non-hydrogen) atoms. The number of anilines is 1. The normalized spacial score (nSPS) is 21.2. The maximum atomic E-state index is 13.5. The van der Waals surface area contributed by atoms with Crippen LogP contribution in [0.25, 0.3) is 0 Å². The van der Waals surface area contributed by atoms with Crippen LogP contribution in [0.15, 0.2) is 35.7 Å². The van der Waals surface area contributed by atoms with Crippen LogP contribution in [0.3, 0.4) is 0 Å². The van der Waals surface area contributed by atoms with Crippen LogP contribution in [0.5, 0.6) is 5.75 Å². The zero-order valence-electron chi connectivity index (χ0n) is 24.7. The SMILES string of the molecule is C[C@@H]1CN([C@@H](C)CO)C(=O)Cc2cc(NC(=O)CCN3CCOCC3)ccc2O[C@@H]1CN(C)S(=O)(=O)c1cn(C)cn1. The van der Waals surface area contributed by atoms with Crippen LogP contribution in [0.1, 0.15) is 25.8 Å². The molecular formula is C28H42N6O7S. The molecular weight excluding hydrogens is 564 g/mol. The number of fused-ring (bicyclic) bond motifs is 1. The van der Waals surface area contributed by atoms with Gasteiger partial charge in [-0.05, 0) is 25.1 Å². The molecule has 1 fully saturated rings. The van der Waals surface area contributed by atoms with Crippen LogP contribution in [-0.4, -0.2) is 121 Å². The number of rotatable bonds is 10. The molecule has 4 rings (SSSR count). The van der Waals surface area contributed by atoms with E-state index in [-0.39, 0.29) is 48.9 Å². The maximum Gasteiger partial charge on any atom is 0.261 e. The predicted octanol–water partition coefficient (Wildman–Crippen LogP) is 0.551. The Morgan fingerprint density at radius 2 is 2.02 bits per heavy atom. The number of likely N-dealkylation sites (N-methyl/N-ethyl adjacent to an activating group) is 1. The number of imidazole rings is 1. The van der Waals surface area contributed by atoms with E-state index < -0.39 is 22.2 Å². The summed E-state index contributed by atoms with van der Waals surface area (Å²) in [6.45, 7) is 7.27. The summed E-state index contributed by atoms with van der Waals surface area (Å²) in [6.07, 6.45) is 2.56. The summed E-state index contributed by atoms with van der Waals surface area (Å²) in [7, 11) is -0.714. The van der Waals surface area contributed by atoms with Crippen molar-refractivity contribution in [3.05, 3.63) is 36.3 Å². The van der Waals surface area contributed by atoms with Crippen molar-refractivity contribution in [3.8, 4) is 5.75 Å². The first-order valence-electron chi connectivity index (χ1n) is 14.2. The van der Waals surface area contributed by atoms with E-state index in [0.29, 0.717) is 43.2 Å². The van der Waals surface area contributed by atoms with Crippen molar-refractivity contribution < 1.29 is 32.6 Å². The summed E-state index contributed by atoms with van der Waals surface area (Å²) in [5, 5.41) is 12.7. The van der Waals surface area contributed by atoms with Crippen LogP contribution < -0.4 is 10.1 Å². The standard InChI is InChI=1S/C28H42N6O7S/c1-20-15-34(21(2)18-35)28(37)14-22-13-23(30-26(36)7-8-33-9-11-40-12-10-33)5-6-24(22)41-25(20)16-32(4)42(38,39)27-17-31(3)19-29-27/h5-6,13,17,19-21,25,35H,7-12,14-16,18H2,1-4H3,(H,30,36)/t20-,21+,25-/m1/s1. The van der Waals surface area contributed by atoms with Crippen molar-refractivity contribution in [1.82, 2.24) is 23.7 Å². The fourth-order valence-electron chi connectivity index (χ4n) is 5.07. The monoisotopic (exact) mass is 606 g/mol. The maximum absolute atomic E-state index is 13.5. The molecule has 0 aliphatic carbocycles. The number of carbonyl (C=O) groups is 2. The van der Waals surface area contributed by atoms with Gasteiger partial charge in [0.05, 0.1) is 45.2 Å². The van der Waals surface area contributed by atoms with Crippen molar-refractivity contribution in [1.29, 1.82) is 0 Å². The van der Waals surface area contributed by atoms with Crippen molar-refractivity contribution >= 4 is 27.5 Å². The molecule has 3 heterocycles. The van der Waals surface area contributed by atoms with E-state index in [0.717, 1.165) is 13.1 Å². The average Bonchev–Trinajstić information content (AvgIpc) is 3.43. The van der Waals surface area contributed by atoms with Crippen molar-refractivity contribution in [3.63, 3.8) is 0 Å². The Morgan fingerprint density at radius 1 is 1.29 bits per heavy atom. The number of nitrogens with one attached hydrogen (secondary N) is 1. The Hall–Kier alpha value is -3.04. The van der Waals surface area contributed by atoms with Gasteiger partial charge in [-0.1, -0.05) is 6.92 Å². The number of amides is 2. The second kappa shape index (κ2) is 14.0. The first kappa shape index (κ1) is 31.9. The smallest absolute Gasteiger partial charge is 0.261 e. The molecule has 1 aromatic carbocycles. The number of carbonyl (C=O) groups excluding carboxylic acids is 2. The lowest BCUT2D eigenvalue weighted by molar-refractivity contribution is -0.134. The summed E-state index contributed by atoms with van der Waals surface area (Å²) in [5.74, 6) is -0.178. The molecule has 2 amide bonds. The zero-order valence-corrected chi connectivity index (χ0v) is 25.5. The lowest BCUT2D eigenvalue weighted by Crippen LogP contribution is -2.48. The Morgan fingerprint density at radius 3 is 2.69 bits per heavy atom. The third-order valence-electron chi connectivity index (χ3n) is 7.75. The van der Waals surface area contributed by atoms with Crippen molar-refractivity contribution in [2.24, 2.45) is 13.0 Å². The van der Waals surface area contributed by atoms with Gasteiger partial charge in [0, 0.05) is 70.1 Å². The van der Waals surface area contributed by atoms with E-state index in [1.54, 1.807) is 41.6 Å².